The van der Waals surface area contributed by atoms with Crippen LogP contribution in [0.15, 0.2) is 0 Å². The molecule has 5 heteroatoms. The molecule has 1 rings (SSSR count). The van der Waals surface area contributed by atoms with Gasteiger partial charge in [0.2, 0.25) is 5.91 Å². The maximum Gasteiger partial charge on any atom is 0.304 e. The molecule has 3 N–H and O–H groups in total. The molecule has 1 fully saturated rings. The minimum absolute atomic E-state index is 0.0509. The highest BCUT2D eigenvalue weighted by Gasteiger charge is 2.20. The Balaban J connectivity index is 2.14. The predicted octanol–water partition coefficient (Wildman–Crippen LogP) is -0.282. The van der Waals surface area contributed by atoms with Crippen LogP contribution in [0.3, 0.4) is 0 Å². The third-order valence-corrected chi connectivity index (χ3v) is 2.28. The van der Waals surface area contributed by atoms with Gasteiger partial charge in [-0.05, 0) is 13.3 Å². The Morgan fingerprint density at radius 2 is 2.50 bits per heavy atom. The third kappa shape index (κ3) is 3.74. The first-order valence-corrected chi connectivity index (χ1v) is 4.82. The zero-order valence-corrected chi connectivity index (χ0v) is 8.25. The molecule has 1 amide bonds. The van der Waals surface area contributed by atoms with Crippen molar-refractivity contribution in [3.8, 4) is 0 Å². The lowest BCUT2D eigenvalue weighted by Gasteiger charge is -2.15. The van der Waals surface area contributed by atoms with Crippen LogP contribution in [-0.4, -0.2) is 35.6 Å². The van der Waals surface area contributed by atoms with Crippen molar-refractivity contribution in [2.24, 2.45) is 0 Å². The van der Waals surface area contributed by atoms with E-state index in [4.69, 9.17) is 5.11 Å². The smallest absolute Gasteiger partial charge is 0.304 e. The van der Waals surface area contributed by atoms with E-state index < -0.39 is 5.97 Å². The molecule has 1 aliphatic rings. The van der Waals surface area contributed by atoms with Gasteiger partial charge in [0.15, 0.2) is 0 Å². The largest absolute Gasteiger partial charge is 0.481 e. The average molecular weight is 200 g/mol. The summed E-state index contributed by atoms with van der Waals surface area (Å²) in [6.07, 6.45) is 1.53. The van der Waals surface area contributed by atoms with Crippen LogP contribution in [0.2, 0.25) is 0 Å². The van der Waals surface area contributed by atoms with Gasteiger partial charge in [-0.3, -0.25) is 9.59 Å². The molecule has 1 saturated heterocycles. The third-order valence-electron chi connectivity index (χ3n) is 2.28. The number of rotatable bonds is 5. The lowest BCUT2D eigenvalue weighted by atomic mass is 10.2. The second kappa shape index (κ2) is 4.95. The first-order chi connectivity index (χ1) is 6.58. The SMILES string of the molecule is CC(CC(=O)O)NCC1CCC(=O)N1. The predicted molar refractivity (Wildman–Crippen MR) is 50.9 cm³/mol. The maximum absolute atomic E-state index is 10.8. The van der Waals surface area contributed by atoms with Gasteiger partial charge in [-0.1, -0.05) is 0 Å². The van der Waals surface area contributed by atoms with E-state index in [0.29, 0.717) is 13.0 Å². The molecule has 14 heavy (non-hydrogen) atoms. The van der Waals surface area contributed by atoms with E-state index in [2.05, 4.69) is 10.6 Å². The van der Waals surface area contributed by atoms with Gasteiger partial charge in [-0.15, -0.1) is 0 Å². The second-order valence-electron chi connectivity index (χ2n) is 3.71. The van der Waals surface area contributed by atoms with Gasteiger partial charge in [-0.2, -0.15) is 0 Å². The van der Waals surface area contributed by atoms with Crippen LogP contribution < -0.4 is 10.6 Å². The Morgan fingerprint density at radius 1 is 1.79 bits per heavy atom. The molecule has 0 aliphatic carbocycles. The summed E-state index contributed by atoms with van der Waals surface area (Å²) in [7, 11) is 0. The van der Waals surface area contributed by atoms with Crippen molar-refractivity contribution in [3.05, 3.63) is 0 Å². The highest BCUT2D eigenvalue weighted by molar-refractivity contribution is 5.78. The van der Waals surface area contributed by atoms with E-state index >= 15 is 0 Å². The lowest BCUT2D eigenvalue weighted by molar-refractivity contribution is -0.137. The number of hydrogen-bond donors (Lipinski definition) is 3. The standard InChI is InChI=1S/C9H16N2O3/c1-6(4-9(13)14)10-5-7-2-3-8(12)11-7/h6-7,10H,2-5H2,1H3,(H,11,12)(H,13,14). The molecule has 1 aliphatic heterocycles. The number of carboxylic acids is 1. The number of aliphatic carboxylic acids is 1. The molecular weight excluding hydrogens is 184 g/mol. The van der Waals surface area contributed by atoms with Crippen LogP contribution in [0, 0.1) is 0 Å². The van der Waals surface area contributed by atoms with E-state index in [0.717, 1.165) is 6.42 Å². The van der Waals surface area contributed by atoms with Gasteiger partial charge < -0.3 is 15.7 Å². The van der Waals surface area contributed by atoms with Crippen molar-refractivity contribution >= 4 is 11.9 Å². The molecule has 0 radical (unpaired) electrons. The molecular formula is C9H16N2O3. The number of carbonyl (C=O) groups excluding carboxylic acids is 1. The lowest BCUT2D eigenvalue weighted by Crippen LogP contribution is -2.40. The minimum atomic E-state index is -0.805. The van der Waals surface area contributed by atoms with Gasteiger partial charge in [0, 0.05) is 25.0 Å². The molecule has 2 atom stereocenters. The highest BCUT2D eigenvalue weighted by Crippen LogP contribution is 2.05. The summed E-state index contributed by atoms with van der Waals surface area (Å²) in [5, 5.41) is 14.4. The van der Waals surface area contributed by atoms with Crippen molar-refractivity contribution in [3.63, 3.8) is 0 Å². The summed E-state index contributed by atoms with van der Waals surface area (Å²) in [6.45, 7) is 2.48. The van der Waals surface area contributed by atoms with Crippen LogP contribution in [0.5, 0.6) is 0 Å². The monoisotopic (exact) mass is 200 g/mol. The molecule has 80 valence electrons. The molecule has 0 aromatic rings. The molecule has 0 saturated carbocycles. The van der Waals surface area contributed by atoms with Gasteiger partial charge in [0.25, 0.3) is 0 Å². The van der Waals surface area contributed by atoms with Crippen molar-refractivity contribution in [1.82, 2.24) is 10.6 Å². The van der Waals surface area contributed by atoms with Gasteiger partial charge in [0.1, 0.15) is 0 Å². The minimum Gasteiger partial charge on any atom is -0.481 e. The van der Waals surface area contributed by atoms with Crippen molar-refractivity contribution in [2.45, 2.75) is 38.3 Å². The van der Waals surface area contributed by atoms with E-state index in [1.165, 1.54) is 0 Å². The summed E-state index contributed by atoms with van der Waals surface area (Å²) < 4.78 is 0. The average Bonchev–Trinajstić information content (AvgIpc) is 2.47. The number of carbonyl (C=O) groups is 2. The van der Waals surface area contributed by atoms with Gasteiger partial charge >= 0.3 is 5.97 Å². The number of carboxylic acid groups (broad SMARTS) is 1. The summed E-state index contributed by atoms with van der Waals surface area (Å²) in [4.78, 5) is 21.2. The van der Waals surface area contributed by atoms with Crippen molar-refractivity contribution in [2.75, 3.05) is 6.54 Å². The normalized spacial score (nSPS) is 23.2. The Kier molecular flexibility index (Phi) is 3.88. The number of amides is 1. The Labute approximate surface area is 82.9 Å². The molecule has 0 spiro atoms. The summed E-state index contributed by atoms with van der Waals surface area (Å²) >= 11 is 0. The Bertz CT molecular complexity index is 230. The summed E-state index contributed by atoms with van der Waals surface area (Å²) in [5.41, 5.74) is 0. The Morgan fingerprint density at radius 3 is 3.00 bits per heavy atom. The first kappa shape index (κ1) is 11.0. The molecule has 1 heterocycles. The zero-order valence-electron chi connectivity index (χ0n) is 8.25. The van der Waals surface area contributed by atoms with E-state index in [1.54, 1.807) is 0 Å². The van der Waals surface area contributed by atoms with E-state index in [9.17, 15) is 9.59 Å². The maximum atomic E-state index is 10.8. The fourth-order valence-corrected chi connectivity index (χ4v) is 1.51. The van der Waals surface area contributed by atoms with Crippen LogP contribution >= 0.6 is 0 Å². The Hall–Kier alpha value is -1.10. The molecule has 0 aromatic heterocycles. The quantitative estimate of drug-likeness (QED) is 0.570. The van der Waals surface area contributed by atoms with Crippen LogP contribution in [0.25, 0.3) is 0 Å². The van der Waals surface area contributed by atoms with Gasteiger partial charge in [0.05, 0.1) is 6.42 Å². The van der Waals surface area contributed by atoms with Crippen LogP contribution in [0.1, 0.15) is 26.2 Å². The van der Waals surface area contributed by atoms with E-state index in [1.807, 2.05) is 6.92 Å². The second-order valence-corrected chi connectivity index (χ2v) is 3.71. The first-order valence-electron chi connectivity index (χ1n) is 4.82. The zero-order chi connectivity index (χ0) is 10.6. The van der Waals surface area contributed by atoms with Crippen LogP contribution in [0.4, 0.5) is 0 Å². The van der Waals surface area contributed by atoms with Crippen molar-refractivity contribution < 1.29 is 14.7 Å². The van der Waals surface area contributed by atoms with E-state index in [-0.39, 0.29) is 24.4 Å². The summed E-state index contributed by atoms with van der Waals surface area (Å²) in [6, 6.07) is 0.115. The fraction of sp³-hybridized carbons (Fsp3) is 0.778. The molecule has 2 unspecified atom stereocenters. The van der Waals surface area contributed by atoms with Crippen molar-refractivity contribution in [1.29, 1.82) is 0 Å². The van der Waals surface area contributed by atoms with Crippen LogP contribution in [-0.2, 0) is 9.59 Å². The van der Waals surface area contributed by atoms with Gasteiger partial charge in [-0.25, -0.2) is 0 Å². The fourth-order valence-electron chi connectivity index (χ4n) is 1.51. The summed E-state index contributed by atoms with van der Waals surface area (Å²) in [5.74, 6) is -0.719. The molecule has 5 nitrogen and oxygen atoms in total. The molecule has 0 aromatic carbocycles. The highest BCUT2D eigenvalue weighted by atomic mass is 16.4. The number of hydrogen-bond acceptors (Lipinski definition) is 3. The molecule has 0 bridgehead atoms. The number of nitrogens with one attached hydrogen (secondary N) is 2. The topological polar surface area (TPSA) is 78.4 Å².